The van der Waals surface area contributed by atoms with Crippen molar-refractivity contribution in [1.82, 2.24) is 10.2 Å². The van der Waals surface area contributed by atoms with Gasteiger partial charge in [0.15, 0.2) is 6.29 Å². The van der Waals surface area contributed by atoms with Crippen molar-refractivity contribution in [3.8, 4) is 11.3 Å². The molecule has 2 aromatic rings. The largest absolute Gasteiger partial charge is 0.472 e. The smallest absolute Gasteiger partial charge is 0.154 e. The highest BCUT2D eigenvalue weighted by atomic mass is 16.3. The number of aromatic nitrogens is 2. The minimum Gasteiger partial charge on any atom is -0.472 e. The summed E-state index contributed by atoms with van der Waals surface area (Å²) in [5.74, 6) is 0.498. The van der Waals surface area contributed by atoms with E-state index in [-0.39, 0.29) is 0 Å². The number of rotatable bonds is 3. The molecule has 0 amide bonds. The van der Waals surface area contributed by atoms with E-state index in [2.05, 4.69) is 10.2 Å². The Hall–Kier alpha value is -1.84. The normalized spacial score (nSPS) is 15.5. The van der Waals surface area contributed by atoms with E-state index in [9.17, 15) is 4.79 Å². The van der Waals surface area contributed by atoms with Crippen molar-refractivity contribution < 1.29 is 9.21 Å². The molecule has 1 fully saturated rings. The molecular formula is C11H10N2O2. The lowest BCUT2D eigenvalue weighted by molar-refractivity contribution is 0.112. The zero-order valence-electron chi connectivity index (χ0n) is 8.06. The zero-order valence-corrected chi connectivity index (χ0v) is 8.06. The first-order valence-corrected chi connectivity index (χ1v) is 4.96. The van der Waals surface area contributed by atoms with E-state index in [1.54, 1.807) is 18.6 Å². The number of carbonyl (C=O) groups excluding carboxylic acids is 1. The summed E-state index contributed by atoms with van der Waals surface area (Å²) in [7, 11) is 0. The fourth-order valence-corrected chi connectivity index (χ4v) is 1.79. The van der Waals surface area contributed by atoms with Crippen molar-refractivity contribution in [2.45, 2.75) is 18.8 Å². The molecule has 0 spiro atoms. The van der Waals surface area contributed by atoms with E-state index < -0.39 is 0 Å². The fourth-order valence-electron chi connectivity index (χ4n) is 1.79. The Balaban J connectivity index is 2.11. The molecule has 15 heavy (non-hydrogen) atoms. The summed E-state index contributed by atoms with van der Waals surface area (Å²) in [5.41, 5.74) is 3.20. The monoisotopic (exact) mass is 202 g/mol. The topological polar surface area (TPSA) is 58.9 Å². The quantitative estimate of drug-likeness (QED) is 0.777. The number of furan rings is 1. The maximum atomic E-state index is 11.0. The van der Waals surface area contributed by atoms with Crippen LogP contribution in [0.4, 0.5) is 0 Å². The second kappa shape index (κ2) is 3.08. The summed E-state index contributed by atoms with van der Waals surface area (Å²) in [6.07, 6.45) is 6.34. The number of hydrogen-bond donors (Lipinski definition) is 1. The number of nitrogens with zero attached hydrogens (tertiary/aromatic N) is 1. The molecule has 0 aromatic carbocycles. The van der Waals surface area contributed by atoms with E-state index >= 15 is 0 Å². The van der Waals surface area contributed by atoms with Crippen molar-refractivity contribution in [3.63, 3.8) is 0 Å². The molecule has 0 unspecified atom stereocenters. The first kappa shape index (κ1) is 8.47. The van der Waals surface area contributed by atoms with Gasteiger partial charge in [-0.2, -0.15) is 5.10 Å². The van der Waals surface area contributed by atoms with Gasteiger partial charge in [0, 0.05) is 17.2 Å². The third-order valence-electron chi connectivity index (χ3n) is 2.73. The summed E-state index contributed by atoms with van der Waals surface area (Å²) < 4.78 is 4.98. The Morgan fingerprint density at radius 1 is 1.53 bits per heavy atom. The van der Waals surface area contributed by atoms with Crippen LogP contribution in [-0.4, -0.2) is 16.5 Å². The van der Waals surface area contributed by atoms with Crippen molar-refractivity contribution in [3.05, 3.63) is 29.9 Å². The lowest BCUT2D eigenvalue weighted by Gasteiger charge is -1.93. The Bertz CT molecular complexity index is 481. The summed E-state index contributed by atoms with van der Waals surface area (Å²) in [6, 6.07) is 1.81. The second-order valence-electron chi connectivity index (χ2n) is 3.80. The molecule has 76 valence electrons. The van der Waals surface area contributed by atoms with Crippen LogP contribution in [-0.2, 0) is 0 Å². The predicted octanol–water partition coefficient (Wildman–Crippen LogP) is 2.36. The van der Waals surface area contributed by atoms with Gasteiger partial charge < -0.3 is 4.42 Å². The lowest BCUT2D eigenvalue weighted by atomic mass is 10.1. The molecule has 0 bridgehead atoms. The number of nitrogens with one attached hydrogen (secondary N) is 1. The van der Waals surface area contributed by atoms with Crippen molar-refractivity contribution in [2.75, 3.05) is 0 Å². The van der Waals surface area contributed by atoms with Crippen LogP contribution in [0.5, 0.6) is 0 Å². The van der Waals surface area contributed by atoms with E-state index in [1.165, 1.54) is 0 Å². The summed E-state index contributed by atoms with van der Waals surface area (Å²) >= 11 is 0. The minimum atomic E-state index is 0.498. The van der Waals surface area contributed by atoms with Gasteiger partial charge in [-0.3, -0.25) is 9.89 Å². The highest BCUT2D eigenvalue weighted by molar-refractivity contribution is 5.87. The third-order valence-corrected chi connectivity index (χ3v) is 2.73. The average Bonchev–Trinajstić information content (AvgIpc) is 2.83. The van der Waals surface area contributed by atoms with E-state index in [0.29, 0.717) is 17.2 Å². The lowest BCUT2D eigenvalue weighted by Crippen LogP contribution is -1.87. The molecule has 3 rings (SSSR count). The van der Waals surface area contributed by atoms with Crippen LogP contribution in [0, 0.1) is 0 Å². The Morgan fingerprint density at radius 2 is 2.40 bits per heavy atom. The van der Waals surface area contributed by atoms with Gasteiger partial charge in [0.1, 0.15) is 5.69 Å². The first-order valence-electron chi connectivity index (χ1n) is 4.96. The summed E-state index contributed by atoms with van der Waals surface area (Å²) in [6.45, 7) is 0. The Labute approximate surface area is 86.3 Å². The predicted molar refractivity (Wildman–Crippen MR) is 53.7 cm³/mol. The Kier molecular flexibility index (Phi) is 1.74. The van der Waals surface area contributed by atoms with Gasteiger partial charge in [-0.25, -0.2) is 0 Å². The zero-order chi connectivity index (χ0) is 10.3. The SMILES string of the molecule is O=Cc1c(-c2ccoc2)n[nH]c1C1CC1. The molecule has 2 aromatic heterocycles. The second-order valence-corrected chi connectivity index (χ2v) is 3.80. The molecule has 0 saturated heterocycles. The first-order chi connectivity index (χ1) is 7.40. The fraction of sp³-hybridized carbons (Fsp3) is 0.273. The van der Waals surface area contributed by atoms with Crippen LogP contribution in [0.1, 0.15) is 34.8 Å². The molecule has 1 saturated carbocycles. The van der Waals surface area contributed by atoms with Crippen LogP contribution in [0.3, 0.4) is 0 Å². The molecule has 2 heterocycles. The minimum absolute atomic E-state index is 0.498. The number of aromatic amines is 1. The van der Waals surface area contributed by atoms with Gasteiger partial charge in [-0.15, -0.1) is 0 Å². The number of aldehydes is 1. The molecule has 1 aliphatic carbocycles. The highest BCUT2D eigenvalue weighted by Crippen LogP contribution is 2.42. The Morgan fingerprint density at radius 3 is 3.00 bits per heavy atom. The molecule has 4 heteroatoms. The third kappa shape index (κ3) is 1.29. The van der Waals surface area contributed by atoms with Crippen molar-refractivity contribution in [2.24, 2.45) is 0 Å². The molecular weight excluding hydrogens is 192 g/mol. The van der Waals surface area contributed by atoms with Crippen LogP contribution in [0.15, 0.2) is 23.0 Å². The molecule has 1 aliphatic rings. The van der Waals surface area contributed by atoms with Crippen LogP contribution in [0.2, 0.25) is 0 Å². The maximum Gasteiger partial charge on any atom is 0.154 e. The van der Waals surface area contributed by atoms with E-state index in [0.717, 1.165) is 30.4 Å². The van der Waals surface area contributed by atoms with E-state index in [4.69, 9.17) is 4.42 Å². The van der Waals surface area contributed by atoms with Crippen LogP contribution >= 0.6 is 0 Å². The highest BCUT2D eigenvalue weighted by Gasteiger charge is 2.29. The average molecular weight is 202 g/mol. The number of H-pyrrole nitrogens is 1. The summed E-state index contributed by atoms with van der Waals surface area (Å²) in [5, 5.41) is 7.13. The molecule has 0 radical (unpaired) electrons. The van der Waals surface area contributed by atoms with Gasteiger partial charge in [-0.1, -0.05) is 0 Å². The molecule has 1 N–H and O–H groups in total. The van der Waals surface area contributed by atoms with Gasteiger partial charge in [0.05, 0.1) is 18.1 Å². The van der Waals surface area contributed by atoms with Gasteiger partial charge in [0.25, 0.3) is 0 Å². The van der Waals surface area contributed by atoms with Crippen molar-refractivity contribution in [1.29, 1.82) is 0 Å². The molecule has 0 atom stereocenters. The standard InChI is InChI=1S/C11H10N2O2/c14-5-9-10(7-1-2-7)12-13-11(9)8-3-4-15-6-8/h3-7H,1-2H2,(H,12,13). The van der Waals surface area contributed by atoms with Crippen LogP contribution in [0.25, 0.3) is 11.3 Å². The summed E-state index contributed by atoms with van der Waals surface area (Å²) in [4.78, 5) is 11.0. The van der Waals surface area contributed by atoms with E-state index in [1.807, 2.05) is 0 Å². The number of hydrogen-bond acceptors (Lipinski definition) is 3. The van der Waals surface area contributed by atoms with Crippen LogP contribution < -0.4 is 0 Å². The number of carbonyl (C=O) groups is 1. The molecule has 4 nitrogen and oxygen atoms in total. The van der Waals surface area contributed by atoms with Gasteiger partial charge >= 0.3 is 0 Å². The van der Waals surface area contributed by atoms with Gasteiger partial charge in [-0.05, 0) is 18.9 Å². The van der Waals surface area contributed by atoms with Crippen molar-refractivity contribution >= 4 is 6.29 Å². The maximum absolute atomic E-state index is 11.0. The van der Waals surface area contributed by atoms with Gasteiger partial charge in [0.2, 0.25) is 0 Å². The molecule has 0 aliphatic heterocycles.